The first-order chi connectivity index (χ1) is 10.7. The lowest BCUT2D eigenvalue weighted by molar-refractivity contribution is -0.130. The Morgan fingerprint density at radius 2 is 2.23 bits per heavy atom. The minimum Gasteiger partial charge on any atom is -0.493 e. The minimum atomic E-state index is -0.270. The molecule has 0 bridgehead atoms. The summed E-state index contributed by atoms with van der Waals surface area (Å²) in [6.07, 6.45) is 1.58. The number of ether oxygens (including phenoxy) is 2. The summed E-state index contributed by atoms with van der Waals surface area (Å²) in [7, 11) is 0. The summed E-state index contributed by atoms with van der Waals surface area (Å²) in [4.78, 5) is 14.1. The Hall–Kier alpha value is -1.84. The number of nitrogens with zero attached hydrogens (tertiary/aromatic N) is 2. The maximum absolute atomic E-state index is 12.4. The molecule has 1 aromatic rings. The number of hydrogen-bond donors (Lipinski definition) is 0. The second-order valence-corrected chi connectivity index (χ2v) is 5.61. The zero-order chi connectivity index (χ0) is 15.9. The van der Waals surface area contributed by atoms with Gasteiger partial charge in [0, 0.05) is 23.1 Å². The summed E-state index contributed by atoms with van der Waals surface area (Å²) in [6, 6.07) is 7.50. The fraction of sp³-hybridized carbons (Fsp3) is 0.375. The van der Waals surface area contributed by atoms with Gasteiger partial charge in [0.25, 0.3) is 5.91 Å². The van der Waals surface area contributed by atoms with Crippen LogP contribution in [-0.4, -0.2) is 43.7 Å². The van der Waals surface area contributed by atoms with Crippen LogP contribution in [-0.2, 0) is 9.53 Å². The molecule has 0 radical (unpaired) electrons. The molecule has 1 aliphatic rings. The lowest BCUT2D eigenvalue weighted by Gasteiger charge is -2.26. The second kappa shape index (κ2) is 7.97. The highest BCUT2D eigenvalue weighted by molar-refractivity contribution is 9.10. The van der Waals surface area contributed by atoms with Crippen LogP contribution < -0.4 is 4.74 Å². The van der Waals surface area contributed by atoms with Gasteiger partial charge < -0.3 is 14.4 Å². The molecule has 1 heterocycles. The predicted octanol–water partition coefficient (Wildman–Crippen LogP) is 2.61. The zero-order valence-corrected chi connectivity index (χ0v) is 13.9. The summed E-state index contributed by atoms with van der Waals surface area (Å²) < 4.78 is 11.6. The SMILES string of the molecule is CCOc1ccc(Br)cc1/C=C(\C#N)C(=O)N1CCOCC1. The predicted molar refractivity (Wildman–Crippen MR) is 86.3 cm³/mol. The summed E-state index contributed by atoms with van der Waals surface area (Å²) in [5.74, 6) is 0.376. The second-order valence-electron chi connectivity index (χ2n) is 4.69. The van der Waals surface area contributed by atoms with E-state index in [4.69, 9.17) is 9.47 Å². The molecule has 0 saturated carbocycles. The fourth-order valence-corrected chi connectivity index (χ4v) is 2.53. The van der Waals surface area contributed by atoms with E-state index in [-0.39, 0.29) is 11.5 Å². The molecule has 0 atom stereocenters. The van der Waals surface area contributed by atoms with E-state index in [1.54, 1.807) is 11.0 Å². The van der Waals surface area contributed by atoms with Crippen molar-refractivity contribution in [3.63, 3.8) is 0 Å². The molecule has 0 aromatic heterocycles. The molecule has 0 aliphatic carbocycles. The van der Waals surface area contributed by atoms with Gasteiger partial charge in [0.2, 0.25) is 0 Å². The largest absolute Gasteiger partial charge is 0.493 e. The van der Waals surface area contributed by atoms with Gasteiger partial charge in [-0.3, -0.25) is 4.79 Å². The average molecular weight is 365 g/mol. The zero-order valence-electron chi connectivity index (χ0n) is 12.3. The smallest absolute Gasteiger partial charge is 0.264 e. The standard InChI is InChI=1S/C16H17BrN2O3/c1-2-22-15-4-3-14(17)10-12(15)9-13(11-18)16(20)19-5-7-21-8-6-19/h3-4,9-10H,2,5-8H2,1H3/b13-9+. The van der Waals surface area contributed by atoms with Crippen molar-refractivity contribution in [1.82, 2.24) is 4.90 Å². The molecule has 1 aromatic carbocycles. The quantitative estimate of drug-likeness (QED) is 0.608. The number of halogens is 1. The summed E-state index contributed by atoms with van der Waals surface area (Å²) in [5, 5.41) is 9.33. The normalized spacial score (nSPS) is 15.3. The molecule has 6 heteroatoms. The monoisotopic (exact) mass is 364 g/mol. The lowest BCUT2D eigenvalue weighted by atomic mass is 10.1. The Bertz CT molecular complexity index is 616. The Morgan fingerprint density at radius 3 is 2.86 bits per heavy atom. The first-order valence-electron chi connectivity index (χ1n) is 7.07. The van der Waals surface area contributed by atoms with Crippen LogP contribution in [0.25, 0.3) is 6.08 Å². The van der Waals surface area contributed by atoms with E-state index in [0.717, 1.165) is 4.47 Å². The van der Waals surface area contributed by atoms with E-state index in [1.807, 2.05) is 31.2 Å². The van der Waals surface area contributed by atoms with Crippen molar-refractivity contribution in [2.24, 2.45) is 0 Å². The Morgan fingerprint density at radius 1 is 1.50 bits per heavy atom. The van der Waals surface area contributed by atoms with Crippen molar-refractivity contribution in [2.75, 3.05) is 32.9 Å². The van der Waals surface area contributed by atoms with Gasteiger partial charge >= 0.3 is 0 Å². The van der Waals surface area contributed by atoms with E-state index < -0.39 is 0 Å². The molecule has 22 heavy (non-hydrogen) atoms. The van der Waals surface area contributed by atoms with Gasteiger partial charge in [0.15, 0.2) is 0 Å². The topological polar surface area (TPSA) is 62.6 Å². The number of nitriles is 1. The van der Waals surface area contributed by atoms with E-state index in [1.165, 1.54) is 0 Å². The molecular formula is C16H17BrN2O3. The van der Waals surface area contributed by atoms with Gasteiger partial charge in [-0.1, -0.05) is 15.9 Å². The van der Waals surface area contributed by atoms with E-state index in [2.05, 4.69) is 15.9 Å². The molecule has 1 amide bonds. The number of rotatable bonds is 4. The van der Waals surface area contributed by atoms with Crippen LogP contribution in [0.5, 0.6) is 5.75 Å². The summed E-state index contributed by atoms with van der Waals surface area (Å²) in [6.45, 7) is 4.43. The molecule has 1 saturated heterocycles. The van der Waals surface area contributed by atoms with Gasteiger partial charge in [-0.25, -0.2) is 0 Å². The number of hydrogen-bond acceptors (Lipinski definition) is 4. The molecule has 116 valence electrons. The Kier molecular flexibility index (Phi) is 5.99. The first kappa shape index (κ1) is 16.5. The molecule has 0 N–H and O–H groups in total. The average Bonchev–Trinajstić information content (AvgIpc) is 2.55. The third kappa shape index (κ3) is 4.09. The number of amides is 1. The van der Waals surface area contributed by atoms with Crippen LogP contribution in [0, 0.1) is 11.3 Å². The number of carbonyl (C=O) groups is 1. The summed E-state index contributed by atoms with van der Waals surface area (Å²) in [5.41, 5.74) is 0.801. The highest BCUT2D eigenvalue weighted by Crippen LogP contribution is 2.26. The van der Waals surface area contributed by atoms with E-state index in [9.17, 15) is 10.1 Å². The van der Waals surface area contributed by atoms with Crippen molar-refractivity contribution in [3.8, 4) is 11.8 Å². The van der Waals surface area contributed by atoms with Crippen LogP contribution >= 0.6 is 15.9 Å². The molecule has 1 fully saturated rings. The van der Waals surface area contributed by atoms with Gasteiger partial charge in [0.05, 0.1) is 19.8 Å². The van der Waals surface area contributed by atoms with Crippen LogP contribution in [0.1, 0.15) is 12.5 Å². The van der Waals surface area contributed by atoms with Crippen LogP contribution in [0.15, 0.2) is 28.2 Å². The molecule has 2 rings (SSSR count). The Labute approximate surface area is 138 Å². The van der Waals surface area contributed by atoms with E-state index in [0.29, 0.717) is 44.2 Å². The van der Waals surface area contributed by atoms with Crippen molar-refractivity contribution in [1.29, 1.82) is 5.26 Å². The highest BCUT2D eigenvalue weighted by atomic mass is 79.9. The van der Waals surface area contributed by atoms with Gasteiger partial charge in [-0.15, -0.1) is 0 Å². The number of carbonyl (C=O) groups excluding carboxylic acids is 1. The van der Waals surface area contributed by atoms with Crippen molar-refractivity contribution >= 4 is 27.9 Å². The molecule has 0 spiro atoms. The van der Waals surface area contributed by atoms with Gasteiger partial charge in [-0.2, -0.15) is 5.26 Å². The Balaban J connectivity index is 2.30. The molecule has 0 unspecified atom stereocenters. The van der Waals surface area contributed by atoms with Crippen LogP contribution in [0.2, 0.25) is 0 Å². The number of morpholine rings is 1. The van der Waals surface area contributed by atoms with Crippen molar-refractivity contribution in [3.05, 3.63) is 33.8 Å². The first-order valence-corrected chi connectivity index (χ1v) is 7.86. The minimum absolute atomic E-state index is 0.0981. The van der Waals surface area contributed by atoms with E-state index >= 15 is 0 Å². The highest BCUT2D eigenvalue weighted by Gasteiger charge is 2.21. The molecular weight excluding hydrogens is 348 g/mol. The maximum Gasteiger partial charge on any atom is 0.264 e. The molecule has 5 nitrogen and oxygen atoms in total. The third-order valence-corrected chi connectivity index (χ3v) is 3.71. The van der Waals surface area contributed by atoms with Crippen LogP contribution in [0.4, 0.5) is 0 Å². The molecule has 1 aliphatic heterocycles. The summed E-state index contributed by atoms with van der Waals surface area (Å²) >= 11 is 3.39. The maximum atomic E-state index is 12.4. The number of benzene rings is 1. The van der Waals surface area contributed by atoms with Crippen molar-refractivity contribution < 1.29 is 14.3 Å². The van der Waals surface area contributed by atoms with Crippen LogP contribution in [0.3, 0.4) is 0 Å². The third-order valence-electron chi connectivity index (χ3n) is 3.22. The lowest BCUT2D eigenvalue weighted by Crippen LogP contribution is -2.41. The van der Waals surface area contributed by atoms with Crippen molar-refractivity contribution in [2.45, 2.75) is 6.92 Å². The van der Waals surface area contributed by atoms with Gasteiger partial charge in [0.1, 0.15) is 17.4 Å². The van der Waals surface area contributed by atoms with Gasteiger partial charge in [-0.05, 0) is 31.2 Å². The fourth-order valence-electron chi connectivity index (χ4n) is 2.15.